The number of carbonyl (C=O) groups is 2. The fourth-order valence-electron chi connectivity index (χ4n) is 2.11. The van der Waals surface area contributed by atoms with Crippen LogP contribution in [0.15, 0.2) is 24.3 Å². The van der Waals surface area contributed by atoms with Crippen molar-refractivity contribution in [3.63, 3.8) is 0 Å². The van der Waals surface area contributed by atoms with Crippen molar-refractivity contribution >= 4 is 23.4 Å². The molecule has 0 aromatic heterocycles. The second-order valence-corrected chi connectivity index (χ2v) is 5.24. The Morgan fingerprint density at radius 1 is 1.48 bits per heavy atom. The van der Waals surface area contributed by atoms with E-state index in [2.05, 4.69) is 10.6 Å². The Bertz CT molecular complexity index is 524. The Morgan fingerprint density at radius 2 is 2.24 bits per heavy atom. The number of nitrogens with zero attached hydrogens (tertiary/aromatic N) is 1. The van der Waals surface area contributed by atoms with Crippen molar-refractivity contribution in [1.29, 1.82) is 0 Å². The van der Waals surface area contributed by atoms with E-state index in [1.165, 1.54) is 4.90 Å². The van der Waals surface area contributed by atoms with E-state index in [0.29, 0.717) is 23.7 Å². The molecule has 1 heterocycles. The number of rotatable bonds is 5. The molecule has 1 saturated heterocycles. The van der Waals surface area contributed by atoms with Crippen molar-refractivity contribution in [1.82, 2.24) is 15.5 Å². The van der Waals surface area contributed by atoms with E-state index >= 15 is 0 Å². The maximum absolute atomic E-state index is 11.8. The first-order valence-electron chi connectivity index (χ1n) is 6.75. The summed E-state index contributed by atoms with van der Waals surface area (Å²) in [6.07, 6.45) is -0.874. The number of aliphatic hydroxyl groups excluding tert-OH is 1. The molecular weight excluding hydrogens is 294 g/mol. The van der Waals surface area contributed by atoms with Gasteiger partial charge in [-0.25, -0.2) is 0 Å². The van der Waals surface area contributed by atoms with Crippen LogP contribution in [-0.4, -0.2) is 54.5 Å². The van der Waals surface area contributed by atoms with E-state index in [9.17, 15) is 14.7 Å². The van der Waals surface area contributed by atoms with E-state index in [1.807, 2.05) is 0 Å². The van der Waals surface area contributed by atoms with E-state index in [4.69, 9.17) is 11.6 Å². The lowest BCUT2D eigenvalue weighted by molar-refractivity contribution is -0.136. The van der Waals surface area contributed by atoms with Gasteiger partial charge in [-0.05, 0) is 6.07 Å². The van der Waals surface area contributed by atoms with E-state index in [-0.39, 0.29) is 31.4 Å². The molecule has 2 amide bonds. The van der Waals surface area contributed by atoms with Crippen molar-refractivity contribution in [3.05, 3.63) is 34.9 Å². The topological polar surface area (TPSA) is 81.7 Å². The van der Waals surface area contributed by atoms with Gasteiger partial charge in [-0.15, -0.1) is 0 Å². The molecule has 0 spiro atoms. The molecule has 3 N–H and O–H groups in total. The quantitative estimate of drug-likeness (QED) is 0.710. The van der Waals surface area contributed by atoms with Gasteiger partial charge < -0.3 is 20.6 Å². The Kier molecular flexibility index (Phi) is 5.55. The van der Waals surface area contributed by atoms with Crippen LogP contribution >= 0.6 is 11.6 Å². The number of aliphatic hydroxyl groups is 1. The van der Waals surface area contributed by atoms with Crippen LogP contribution in [0.3, 0.4) is 0 Å². The molecular formula is C14H18ClN3O3. The SMILES string of the molecule is O=C(CN1CCNCC1=O)NCC(O)c1ccccc1Cl. The number of hydrogen-bond donors (Lipinski definition) is 3. The van der Waals surface area contributed by atoms with E-state index in [1.54, 1.807) is 24.3 Å². The summed E-state index contributed by atoms with van der Waals surface area (Å²) < 4.78 is 0. The molecule has 1 aromatic rings. The number of nitrogens with one attached hydrogen (secondary N) is 2. The highest BCUT2D eigenvalue weighted by Gasteiger charge is 2.20. The Balaban J connectivity index is 1.81. The van der Waals surface area contributed by atoms with Crippen molar-refractivity contribution in [2.24, 2.45) is 0 Å². The standard InChI is InChI=1S/C14H18ClN3O3/c15-11-4-2-1-3-10(11)12(19)7-17-13(20)9-18-6-5-16-8-14(18)21/h1-4,12,16,19H,5-9H2,(H,17,20). The van der Waals surface area contributed by atoms with Gasteiger partial charge in [0.2, 0.25) is 11.8 Å². The molecule has 114 valence electrons. The molecule has 1 atom stereocenters. The van der Waals surface area contributed by atoms with Gasteiger partial charge in [-0.2, -0.15) is 0 Å². The maximum Gasteiger partial charge on any atom is 0.239 e. The molecule has 21 heavy (non-hydrogen) atoms. The highest BCUT2D eigenvalue weighted by molar-refractivity contribution is 6.31. The van der Waals surface area contributed by atoms with Crippen molar-refractivity contribution in [2.45, 2.75) is 6.10 Å². The highest BCUT2D eigenvalue weighted by Crippen LogP contribution is 2.21. The monoisotopic (exact) mass is 311 g/mol. The van der Waals surface area contributed by atoms with Gasteiger partial charge in [0, 0.05) is 30.2 Å². The lowest BCUT2D eigenvalue weighted by atomic mass is 10.1. The van der Waals surface area contributed by atoms with Gasteiger partial charge in [0.15, 0.2) is 0 Å². The van der Waals surface area contributed by atoms with E-state index in [0.717, 1.165) is 0 Å². The van der Waals surface area contributed by atoms with Crippen LogP contribution in [0.4, 0.5) is 0 Å². The van der Waals surface area contributed by atoms with Gasteiger partial charge in [0.25, 0.3) is 0 Å². The second-order valence-electron chi connectivity index (χ2n) is 4.83. The predicted octanol–water partition coefficient (Wildman–Crippen LogP) is -0.0786. The molecule has 1 aliphatic heterocycles. The smallest absolute Gasteiger partial charge is 0.239 e. The van der Waals surface area contributed by atoms with Crippen LogP contribution in [0.25, 0.3) is 0 Å². The summed E-state index contributed by atoms with van der Waals surface area (Å²) in [4.78, 5) is 24.9. The molecule has 0 bridgehead atoms. The molecule has 6 nitrogen and oxygen atoms in total. The van der Waals surface area contributed by atoms with Crippen LogP contribution in [0.5, 0.6) is 0 Å². The minimum atomic E-state index is -0.874. The Morgan fingerprint density at radius 3 is 2.95 bits per heavy atom. The normalized spacial score (nSPS) is 16.7. The molecule has 2 rings (SSSR count). The van der Waals surface area contributed by atoms with Crippen LogP contribution in [0.1, 0.15) is 11.7 Å². The number of hydrogen-bond acceptors (Lipinski definition) is 4. The molecule has 1 fully saturated rings. The van der Waals surface area contributed by atoms with Crippen LogP contribution in [0, 0.1) is 0 Å². The molecule has 7 heteroatoms. The molecule has 0 radical (unpaired) electrons. The van der Waals surface area contributed by atoms with Gasteiger partial charge in [0.05, 0.1) is 19.2 Å². The molecule has 1 unspecified atom stereocenters. The van der Waals surface area contributed by atoms with E-state index < -0.39 is 6.10 Å². The summed E-state index contributed by atoms with van der Waals surface area (Å²) >= 11 is 5.98. The number of benzene rings is 1. The third kappa shape index (κ3) is 4.42. The fraction of sp³-hybridized carbons (Fsp3) is 0.429. The second kappa shape index (κ2) is 7.40. The van der Waals surface area contributed by atoms with Gasteiger partial charge in [0.1, 0.15) is 0 Å². The van der Waals surface area contributed by atoms with Crippen LogP contribution in [-0.2, 0) is 9.59 Å². The first-order chi connectivity index (χ1) is 10.1. The first-order valence-corrected chi connectivity index (χ1v) is 7.13. The number of carbonyl (C=O) groups excluding carboxylic acids is 2. The minimum Gasteiger partial charge on any atom is -0.387 e. The van der Waals surface area contributed by atoms with Gasteiger partial charge in [-0.3, -0.25) is 9.59 Å². The summed E-state index contributed by atoms with van der Waals surface area (Å²) in [5.74, 6) is -0.389. The molecule has 0 aliphatic carbocycles. The Hall–Kier alpha value is -1.63. The first kappa shape index (κ1) is 15.8. The third-order valence-corrected chi connectivity index (χ3v) is 3.62. The van der Waals surface area contributed by atoms with Crippen LogP contribution < -0.4 is 10.6 Å². The van der Waals surface area contributed by atoms with Crippen molar-refractivity contribution in [2.75, 3.05) is 32.7 Å². The minimum absolute atomic E-state index is 0.00968. The van der Waals surface area contributed by atoms with Gasteiger partial charge >= 0.3 is 0 Å². The zero-order chi connectivity index (χ0) is 15.2. The molecule has 0 saturated carbocycles. The molecule has 1 aromatic carbocycles. The van der Waals surface area contributed by atoms with Crippen molar-refractivity contribution in [3.8, 4) is 0 Å². The number of halogens is 1. The van der Waals surface area contributed by atoms with Gasteiger partial charge in [-0.1, -0.05) is 29.8 Å². The maximum atomic E-state index is 11.8. The number of amides is 2. The lowest BCUT2D eigenvalue weighted by Gasteiger charge is -2.26. The summed E-state index contributed by atoms with van der Waals surface area (Å²) in [6, 6.07) is 6.93. The van der Waals surface area contributed by atoms with Crippen molar-refractivity contribution < 1.29 is 14.7 Å². The summed E-state index contributed by atoms with van der Waals surface area (Å²) in [7, 11) is 0. The third-order valence-electron chi connectivity index (χ3n) is 3.28. The average molecular weight is 312 g/mol. The average Bonchev–Trinajstić information content (AvgIpc) is 2.48. The molecule has 1 aliphatic rings. The summed E-state index contributed by atoms with van der Waals surface area (Å²) in [5, 5.41) is 16.0. The fourth-order valence-corrected chi connectivity index (χ4v) is 2.37. The lowest BCUT2D eigenvalue weighted by Crippen LogP contribution is -2.51. The summed E-state index contributed by atoms with van der Waals surface area (Å²) in [5.41, 5.74) is 0.567. The summed E-state index contributed by atoms with van der Waals surface area (Å²) in [6.45, 7) is 1.52. The zero-order valence-electron chi connectivity index (χ0n) is 11.5. The largest absolute Gasteiger partial charge is 0.387 e. The zero-order valence-corrected chi connectivity index (χ0v) is 12.3. The Labute approximate surface area is 128 Å². The number of piperazine rings is 1. The predicted molar refractivity (Wildman–Crippen MR) is 78.9 cm³/mol. The van der Waals surface area contributed by atoms with Crippen LogP contribution in [0.2, 0.25) is 5.02 Å². The highest BCUT2D eigenvalue weighted by atomic mass is 35.5.